The Bertz CT molecular complexity index is 455. The summed E-state index contributed by atoms with van der Waals surface area (Å²) in [5, 5.41) is 3.56. The molecule has 0 fully saturated rings. The number of nitrogens with zero attached hydrogens (tertiary/aromatic N) is 4. The SMILES string of the molecule is [N-]=[N+]=Nc1cccc2ncsc12. The Kier molecular flexibility index (Phi) is 1.66. The molecule has 0 unspecified atom stereocenters. The number of hydrogen-bond donors (Lipinski definition) is 0. The second kappa shape index (κ2) is 2.81. The first-order valence-corrected chi connectivity index (χ1v) is 4.17. The normalized spacial score (nSPS) is 9.67. The molecule has 1 aromatic carbocycles. The monoisotopic (exact) mass is 176 g/mol. The molecule has 1 aromatic heterocycles. The molecule has 0 aliphatic rings. The van der Waals surface area contributed by atoms with Crippen molar-refractivity contribution in [3.63, 3.8) is 0 Å². The molecule has 0 bridgehead atoms. The number of aromatic nitrogens is 1. The first-order valence-electron chi connectivity index (χ1n) is 3.29. The summed E-state index contributed by atoms with van der Waals surface area (Å²) >= 11 is 1.48. The van der Waals surface area contributed by atoms with E-state index in [1.54, 1.807) is 11.6 Å². The van der Waals surface area contributed by atoms with Gasteiger partial charge in [-0.3, -0.25) is 0 Å². The van der Waals surface area contributed by atoms with Gasteiger partial charge in [0.1, 0.15) is 0 Å². The van der Waals surface area contributed by atoms with Gasteiger partial charge in [-0.15, -0.1) is 11.3 Å². The van der Waals surface area contributed by atoms with Crippen molar-refractivity contribution in [3.05, 3.63) is 34.2 Å². The number of rotatable bonds is 1. The van der Waals surface area contributed by atoms with Crippen LogP contribution in [-0.4, -0.2) is 4.98 Å². The van der Waals surface area contributed by atoms with Gasteiger partial charge in [0.15, 0.2) is 0 Å². The Morgan fingerprint density at radius 3 is 3.25 bits per heavy atom. The fraction of sp³-hybridized carbons (Fsp3) is 0. The average molecular weight is 176 g/mol. The summed E-state index contributed by atoms with van der Waals surface area (Å²) in [5.41, 5.74) is 11.5. The van der Waals surface area contributed by atoms with Gasteiger partial charge in [-0.25, -0.2) is 4.98 Å². The molecule has 4 nitrogen and oxygen atoms in total. The van der Waals surface area contributed by atoms with Crippen LogP contribution in [0.25, 0.3) is 20.7 Å². The van der Waals surface area contributed by atoms with Crippen molar-refractivity contribution in [1.82, 2.24) is 4.98 Å². The Balaban J connectivity index is 2.81. The highest BCUT2D eigenvalue weighted by Gasteiger charge is 1.99. The predicted octanol–water partition coefficient (Wildman–Crippen LogP) is 3.24. The zero-order valence-corrected chi connectivity index (χ0v) is 6.82. The van der Waals surface area contributed by atoms with Crippen LogP contribution >= 0.6 is 11.3 Å². The summed E-state index contributed by atoms with van der Waals surface area (Å²) in [6.07, 6.45) is 0. The lowest BCUT2D eigenvalue weighted by atomic mass is 10.3. The van der Waals surface area contributed by atoms with Gasteiger partial charge in [0, 0.05) is 4.91 Å². The van der Waals surface area contributed by atoms with Gasteiger partial charge in [0.25, 0.3) is 0 Å². The summed E-state index contributed by atoms with van der Waals surface area (Å²) < 4.78 is 0.940. The van der Waals surface area contributed by atoms with E-state index in [0.717, 1.165) is 10.2 Å². The lowest BCUT2D eigenvalue weighted by Gasteiger charge is -1.90. The molecule has 2 aromatic rings. The van der Waals surface area contributed by atoms with Crippen LogP contribution in [0, 0.1) is 0 Å². The molecule has 0 spiro atoms. The molecule has 0 amide bonds. The lowest BCUT2D eigenvalue weighted by Crippen LogP contribution is -1.65. The first-order chi connectivity index (χ1) is 5.92. The third-order valence-corrected chi connectivity index (χ3v) is 2.35. The summed E-state index contributed by atoms with van der Waals surface area (Å²) in [6.45, 7) is 0. The maximum absolute atomic E-state index is 8.26. The quantitative estimate of drug-likeness (QED) is 0.373. The van der Waals surface area contributed by atoms with E-state index in [2.05, 4.69) is 15.0 Å². The van der Waals surface area contributed by atoms with Crippen molar-refractivity contribution in [2.24, 2.45) is 5.11 Å². The Morgan fingerprint density at radius 1 is 1.50 bits per heavy atom. The molecule has 1 heterocycles. The number of azide groups is 1. The molecule has 0 radical (unpaired) electrons. The van der Waals surface area contributed by atoms with Crippen molar-refractivity contribution in [2.45, 2.75) is 0 Å². The van der Waals surface area contributed by atoms with Gasteiger partial charge >= 0.3 is 0 Å². The fourth-order valence-corrected chi connectivity index (χ4v) is 1.74. The zero-order valence-electron chi connectivity index (χ0n) is 6.01. The van der Waals surface area contributed by atoms with Crippen molar-refractivity contribution < 1.29 is 0 Å². The summed E-state index contributed by atoms with van der Waals surface area (Å²) in [4.78, 5) is 6.84. The Morgan fingerprint density at radius 2 is 2.42 bits per heavy atom. The number of fused-ring (bicyclic) bond motifs is 1. The van der Waals surface area contributed by atoms with Gasteiger partial charge in [-0.05, 0) is 11.6 Å². The van der Waals surface area contributed by atoms with E-state index < -0.39 is 0 Å². The van der Waals surface area contributed by atoms with Gasteiger partial charge < -0.3 is 0 Å². The highest BCUT2D eigenvalue weighted by atomic mass is 32.1. The molecule has 0 atom stereocenters. The van der Waals surface area contributed by atoms with Crippen LogP contribution < -0.4 is 0 Å². The van der Waals surface area contributed by atoms with Crippen LogP contribution in [0.3, 0.4) is 0 Å². The van der Waals surface area contributed by atoms with E-state index in [1.165, 1.54) is 11.3 Å². The topological polar surface area (TPSA) is 61.7 Å². The van der Waals surface area contributed by atoms with Gasteiger partial charge in [-0.2, -0.15) is 0 Å². The standard InChI is InChI=1S/C7H4N4S/c8-11-10-6-3-1-2-5-7(6)12-4-9-5/h1-4H. The van der Waals surface area contributed by atoms with E-state index >= 15 is 0 Å². The van der Waals surface area contributed by atoms with Crippen molar-refractivity contribution >= 4 is 27.2 Å². The lowest BCUT2D eigenvalue weighted by molar-refractivity contribution is 1.48. The minimum atomic E-state index is 0.650. The van der Waals surface area contributed by atoms with E-state index in [-0.39, 0.29) is 0 Å². The van der Waals surface area contributed by atoms with Crippen LogP contribution in [0.1, 0.15) is 0 Å². The van der Waals surface area contributed by atoms with Gasteiger partial charge in [0.05, 0.1) is 21.4 Å². The molecule has 12 heavy (non-hydrogen) atoms. The Hall–Kier alpha value is -1.58. The average Bonchev–Trinajstić information content (AvgIpc) is 2.53. The van der Waals surface area contributed by atoms with Crippen LogP contribution in [0.15, 0.2) is 28.8 Å². The predicted molar refractivity (Wildman–Crippen MR) is 48.4 cm³/mol. The van der Waals surface area contributed by atoms with E-state index in [0.29, 0.717) is 5.69 Å². The van der Waals surface area contributed by atoms with Crippen molar-refractivity contribution in [1.29, 1.82) is 0 Å². The highest BCUT2D eigenvalue weighted by Crippen LogP contribution is 2.28. The highest BCUT2D eigenvalue weighted by molar-refractivity contribution is 7.17. The van der Waals surface area contributed by atoms with E-state index in [4.69, 9.17) is 5.53 Å². The van der Waals surface area contributed by atoms with Gasteiger partial charge in [0.2, 0.25) is 0 Å². The minimum absolute atomic E-state index is 0.650. The van der Waals surface area contributed by atoms with Crippen LogP contribution in [0.4, 0.5) is 5.69 Å². The molecule has 0 aliphatic heterocycles. The molecule has 5 heteroatoms. The summed E-state index contributed by atoms with van der Waals surface area (Å²) in [5.74, 6) is 0. The number of hydrogen-bond acceptors (Lipinski definition) is 3. The van der Waals surface area contributed by atoms with Gasteiger partial charge in [-0.1, -0.05) is 17.2 Å². The van der Waals surface area contributed by atoms with E-state index in [1.807, 2.05) is 12.1 Å². The van der Waals surface area contributed by atoms with Crippen LogP contribution in [-0.2, 0) is 0 Å². The fourth-order valence-electron chi connectivity index (χ4n) is 0.998. The number of benzene rings is 1. The molecular formula is C7H4N4S. The molecule has 0 saturated heterocycles. The van der Waals surface area contributed by atoms with Crippen LogP contribution in [0.5, 0.6) is 0 Å². The third kappa shape index (κ3) is 1.01. The Labute approximate surface area is 72.1 Å². The maximum Gasteiger partial charge on any atom is 0.0816 e. The molecule has 2 rings (SSSR count). The second-order valence-corrected chi connectivity index (χ2v) is 3.02. The van der Waals surface area contributed by atoms with Crippen molar-refractivity contribution in [3.8, 4) is 0 Å². The maximum atomic E-state index is 8.26. The molecule has 0 N–H and O–H groups in total. The molecule has 0 aliphatic carbocycles. The molecule has 58 valence electrons. The molecular weight excluding hydrogens is 172 g/mol. The zero-order chi connectivity index (χ0) is 8.39. The first kappa shape index (κ1) is 7.09. The minimum Gasteiger partial charge on any atom is -0.245 e. The van der Waals surface area contributed by atoms with Crippen LogP contribution in [0.2, 0.25) is 0 Å². The summed E-state index contributed by atoms with van der Waals surface area (Å²) in [6, 6.07) is 5.49. The third-order valence-electron chi connectivity index (χ3n) is 1.49. The van der Waals surface area contributed by atoms with Crippen molar-refractivity contribution in [2.75, 3.05) is 0 Å². The number of thiazole rings is 1. The van der Waals surface area contributed by atoms with E-state index in [9.17, 15) is 0 Å². The largest absolute Gasteiger partial charge is 0.245 e. The molecule has 0 saturated carbocycles. The summed E-state index contributed by atoms with van der Waals surface area (Å²) in [7, 11) is 0. The smallest absolute Gasteiger partial charge is 0.0816 e. The second-order valence-electron chi connectivity index (χ2n) is 2.17.